The number of nitrogens with zero attached hydrogens (tertiary/aromatic N) is 2. The number of Topliss-reactive ketones (excluding diaryl/α,β-unsaturated/α-hetero) is 2. The first-order valence-corrected chi connectivity index (χ1v) is 12.3. The first kappa shape index (κ1) is 26.3. The van der Waals surface area contributed by atoms with E-state index in [1.165, 1.54) is 0 Å². The van der Waals surface area contributed by atoms with Gasteiger partial charge in [-0.1, -0.05) is 26.0 Å². The van der Waals surface area contributed by atoms with Gasteiger partial charge in [-0.3, -0.25) is 9.59 Å². The summed E-state index contributed by atoms with van der Waals surface area (Å²) < 4.78 is 12.0. The van der Waals surface area contributed by atoms with Gasteiger partial charge in [-0.2, -0.15) is 10.5 Å². The predicted molar refractivity (Wildman–Crippen MR) is 128 cm³/mol. The maximum absolute atomic E-state index is 12.2. The van der Waals surface area contributed by atoms with Gasteiger partial charge in [-0.25, -0.2) is 0 Å². The topological polar surface area (TPSA) is 100 Å². The molecule has 2 fully saturated rings. The van der Waals surface area contributed by atoms with Crippen LogP contribution in [0, 0.1) is 44.3 Å². The van der Waals surface area contributed by atoms with E-state index in [-0.39, 0.29) is 46.8 Å². The lowest BCUT2D eigenvalue weighted by molar-refractivity contribution is -0.167. The summed E-state index contributed by atoms with van der Waals surface area (Å²) in [7, 11) is 0. The molecule has 2 aliphatic carbocycles. The van der Waals surface area contributed by atoms with Crippen LogP contribution in [0.4, 0.5) is 0 Å². The first-order chi connectivity index (χ1) is 15.6. The van der Waals surface area contributed by atoms with Crippen molar-refractivity contribution in [3.8, 4) is 12.1 Å². The van der Waals surface area contributed by atoms with Crippen molar-refractivity contribution in [1.29, 1.82) is 10.5 Å². The molecule has 4 aliphatic rings. The molecule has 0 amide bonds. The van der Waals surface area contributed by atoms with E-state index in [2.05, 4.69) is 13.8 Å². The fourth-order valence-corrected chi connectivity index (χ4v) is 6.38. The third kappa shape index (κ3) is 4.28. The van der Waals surface area contributed by atoms with Crippen molar-refractivity contribution >= 4 is 11.6 Å². The lowest BCUT2D eigenvalue weighted by atomic mass is 9.60. The zero-order valence-corrected chi connectivity index (χ0v) is 21.8. The molecule has 2 heterocycles. The molecular weight excluding hydrogens is 428 g/mol. The Morgan fingerprint density at radius 3 is 1.35 bits per heavy atom. The van der Waals surface area contributed by atoms with Gasteiger partial charge in [0.1, 0.15) is 12.1 Å². The molecule has 0 N–H and O–H groups in total. The van der Waals surface area contributed by atoms with Gasteiger partial charge in [-0.15, -0.1) is 0 Å². The largest absolute Gasteiger partial charge is 0.373 e. The van der Waals surface area contributed by atoms with Crippen LogP contribution in [0.15, 0.2) is 23.3 Å². The van der Waals surface area contributed by atoms with Gasteiger partial charge in [0.05, 0.1) is 46.4 Å². The third-order valence-corrected chi connectivity index (χ3v) is 8.27. The fraction of sp³-hybridized carbons (Fsp3) is 0.714. The molecule has 184 valence electrons. The monoisotopic (exact) mass is 466 g/mol. The minimum atomic E-state index is -0.608. The second-order valence-corrected chi connectivity index (χ2v) is 12.2. The number of rotatable bonds is 0. The number of allylic oxidation sites excluding steroid dienone is 2. The molecule has 0 radical (unpaired) electrons. The number of ketones is 2. The molecule has 0 bridgehead atoms. The van der Waals surface area contributed by atoms with Crippen LogP contribution in [0.25, 0.3) is 0 Å². The second kappa shape index (κ2) is 8.74. The van der Waals surface area contributed by atoms with Crippen molar-refractivity contribution in [2.45, 2.75) is 105 Å². The van der Waals surface area contributed by atoms with Gasteiger partial charge in [0, 0.05) is 10.8 Å². The Kier molecular flexibility index (Phi) is 6.77. The van der Waals surface area contributed by atoms with Crippen molar-refractivity contribution in [3.63, 3.8) is 0 Å². The molecule has 0 saturated carbocycles. The van der Waals surface area contributed by atoms with Crippen molar-refractivity contribution in [3.05, 3.63) is 23.3 Å². The minimum absolute atomic E-state index is 0.0865. The van der Waals surface area contributed by atoms with Crippen LogP contribution in [0.1, 0.15) is 81.1 Å². The summed E-state index contributed by atoms with van der Waals surface area (Å²) in [6.45, 7) is 15.8. The van der Waals surface area contributed by atoms with Crippen molar-refractivity contribution in [2.24, 2.45) is 21.7 Å². The van der Waals surface area contributed by atoms with Crippen LogP contribution in [-0.4, -0.2) is 36.0 Å². The minimum Gasteiger partial charge on any atom is -0.373 e. The average molecular weight is 467 g/mol. The van der Waals surface area contributed by atoms with Gasteiger partial charge < -0.3 is 9.47 Å². The summed E-state index contributed by atoms with van der Waals surface area (Å²) in [6.07, 6.45) is 7.70. The molecule has 34 heavy (non-hydrogen) atoms. The maximum Gasteiger partial charge on any atom is 0.181 e. The van der Waals surface area contributed by atoms with E-state index >= 15 is 0 Å². The molecule has 2 saturated heterocycles. The highest BCUT2D eigenvalue weighted by atomic mass is 16.5. The highest BCUT2D eigenvalue weighted by molar-refractivity contribution is 6.05. The number of carbonyl (C=O) groups is 2. The zero-order valence-electron chi connectivity index (χ0n) is 21.8. The van der Waals surface area contributed by atoms with Gasteiger partial charge in [-0.05, 0) is 67.2 Å². The van der Waals surface area contributed by atoms with E-state index in [9.17, 15) is 9.59 Å². The molecule has 0 spiro atoms. The summed E-state index contributed by atoms with van der Waals surface area (Å²) in [5, 5.41) is 18.1. The molecule has 0 aromatic rings. The van der Waals surface area contributed by atoms with E-state index in [0.29, 0.717) is 11.1 Å². The molecule has 2 aliphatic heterocycles. The number of hydrogen-bond acceptors (Lipinski definition) is 6. The van der Waals surface area contributed by atoms with Gasteiger partial charge >= 0.3 is 0 Å². The average Bonchev–Trinajstić information content (AvgIpc) is 2.77. The van der Waals surface area contributed by atoms with E-state index in [1.54, 1.807) is 0 Å². The third-order valence-electron chi connectivity index (χ3n) is 8.27. The Bertz CT molecular complexity index is 942. The van der Waals surface area contributed by atoms with Crippen LogP contribution in [0.5, 0.6) is 0 Å². The second-order valence-electron chi connectivity index (χ2n) is 12.2. The highest BCUT2D eigenvalue weighted by Gasteiger charge is 2.55. The summed E-state index contributed by atoms with van der Waals surface area (Å²) in [5.74, 6) is -0.173. The Hall–Kier alpha value is -2.28. The Labute approximate surface area is 204 Å². The van der Waals surface area contributed by atoms with Crippen LogP contribution >= 0.6 is 0 Å². The molecule has 0 aromatic heterocycles. The van der Waals surface area contributed by atoms with Crippen molar-refractivity contribution < 1.29 is 19.1 Å². The molecular formula is C28H38N2O4. The summed E-state index contributed by atoms with van der Waals surface area (Å²) >= 11 is 0. The molecule has 6 nitrogen and oxygen atoms in total. The summed E-state index contributed by atoms with van der Waals surface area (Å²) in [5.41, 5.74) is -0.991. The van der Waals surface area contributed by atoms with E-state index < -0.39 is 10.8 Å². The number of fused-ring (bicyclic) bond motifs is 2. The molecule has 6 atom stereocenters. The van der Waals surface area contributed by atoms with Crippen LogP contribution in [0.3, 0.4) is 0 Å². The lowest BCUT2D eigenvalue weighted by Crippen LogP contribution is -2.55. The van der Waals surface area contributed by atoms with Crippen LogP contribution in [-0.2, 0) is 19.1 Å². The highest BCUT2D eigenvalue weighted by Crippen LogP contribution is 2.51. The summed E-state index contributed by atoms with van der Waals surface area (Å²) in [6, 6.07) is 4.07. The van der Waals surface area contributed by atoms with E-state index in [1.807, 2.05) is 65.8 Å². The number of ether oxygens (including phenoxy) is 2. The zero-order chi connectivity index (χ0) is 25.7. The Morgan fingerprint density at radius 1 is 0.735 bits per heavy atom. The molecule has 4 rings (SSSR count). The van der Waals surface area contributed by atoms with Gasteiger partial charge in [0.25, 0.3) is 0 Å². The van der Waals surface area contributed by atoms with Crippen molar-refractivity contribution in [2.75, 3.05) is 0 Å². The molecule has 6 heteroatoms. The quantitative estimate of drug-likeness (QED) is 0.484. The lowest BCUT2D eigenvalue weighted by Gasteiger charge is -2.51. The Morgan fingerprint density at radius 2 is 1.06 bits per heavy atom. The summed E-state index contributed by atoms with van der Waals surface area (Å²) in [4.78, 5) is 24.4. The molecule has 0 unspecified atom stereocenters. The van der Waals surface area contributed by atoms with Crippen LogP contribution in [0.2, 0.25) is 0 Å². The molecule has 0 aromatic carbocycles. The maximum atomic E-state index is 12.2. The predicted octanol–water partition coefficient (Wildman–Crippen LogP) is 5.24. The number of carbonyl (C=O) groups excluding carboxylic acids is 2. The first-order valence-electron chi connectivity index (χ1n) is 12.3. The SMILES string of the molecule is C[C@@H]1CC[C@@]2(C)C=C(C#N)C(=O)C(C)(C)[C@@H]2O1.C[C@H]1CC[C@]2(C)C=C(C#N)C(=O)C(C)(C)[C@H]2O1. The van der Waals surface area contributed by atoms with Crippen LogP contribution < -0.4 is 0 Å². The smallest absolute Gasteiger partial charge is 0.181 e. The van der Waals surface area contributed by atoms with Gasteiger partial charge in [0.15, 0.2) is 11.6 Å². The van der Waals surface area contributed by atoms with Crippen molar-refractivity contribution in [1.82, 2.24) is 0 Å². The van der Waals surface area contributed by atoms with Gasteiger partial charge in [0.2, 0.25) is 0 Å². The standard InChI is InChI=1S/2C14H19NO2/c2*1-9-5-6-14(4)7-10(8-15)11(16)13(2,3)12(14)17-9/h2*7,9,12H,5-6H2,1-4H3/t2*9-,12+,14+/m10/s1. The number of nitriles is 2. The number of hydrogen-bond donors (Lipinski definition) is 0. The van der Waals surface area contributed by atoms with E-state index in [4.69, 9.17) is 20.0 Å². The Balaban J connectivity index is 0.000000191. The normalized spacial score (nSPS) is 40.2. The fourth-order valence-electron chi connectivity index (χ4n) is 6.38. The van der Waals surface area contributed by atoms with E-state index in [0.717, 1.165) is 25.7 Å².